The molecule has 0 aliphatic rings. The fourth-order valence-corrected chi connectivity index (χ4v) is 1.95. The van der Waals surface area contributed by atoms with Crippen LogP contribution in [-0.2, 0) is 11.3 Å². The summed E-state index contributed by atoms with van der Waals surface area (Å²) >= 11 is 0. The van der Waals surface area contributed by atoms with E-state index < -0.39 is 11.6 Å². The zero-order valence-electron chi connectivity index (χ0n) is 10.9. The second-order valence-electron chi connectivity index (χ2n) is 4.44. The van der Waals surface area contributed by atoms with Crippen molar-refractivity contribution < 1.29 is 9.18 Å². The van der Waals surface area contributed by atoms with E-state index in [1.165, 1.54) is 34.9 Å². The lowest BCUT2D eigenvalue weighted by atomic mass is 10.3. The van der Waals surface area contributed by atoms with Crippen LogP contribution in [0.1, 0.15) is 0 Å². The molecule has 1 amide bonds. The Kier molecular flexibility index (Phi) is 3.23. The third-order valence-electron chi connectivity index (χ3n) is 2.96. The van der Waals surface area contributed by atoms with E-state index in [0.717, 1.165) is 4.68 Å². The number of nitrogens with zero attached hydrogens (tertiary/aromatic N) is 3. The molecule has 0 saturated heterocycles. The minimum Gasteiger partial charge on any atom is -0.324 e. The summed E-state index contributed by atoms with van der Waals surface area (Å²) in [5, 5.41) is 6.51. The number of carbonyl (C=O) groups is 1. The lowest BCUT2D eigenvalue weighted by Crippen LogP contribution is -2.32. The van der Waals surface area contributed by atoms with Crippen molar-refractivity contribution in [3.05, 3.63) is 65.1 Å². The van der Waals surface area contributed by atoms with Crippen LogP contribution in [0.4, 0.5) is 10.1 Å². The molecule has 0 aliphatic carbocycles. The number of hydrogen-bond acceptors (Lipinski definition) is 3. The highest BCUT2D eigenvalue weighted by Gasteiger charge is 2.08. The van der Waals surface area contributed by atoms with Crippen LogP contribution >= 0.6 is 0 Å². The Morgan fingerprint density at radius 2 is 2.00 bits per heavy atom. The molecule has 0 fully saturated rings. The molecule has 106 valence electrons. The highest BCUT2D eigenvalue weighted by atomic mass is 19.1. The molecular weight excluding hydrogens is 275 g/mol. The summed E-state index contributed by atoms with van der Waals surface area (Å²) in [5.41, 5.74) is 0.721. The minimum absolute atomic E-state index is 0.218. The molecule has 1 aromatic carbocycles. The lowest BCUT2D eigenvalue weighted by molar-refractivity contribution is -0.117. The van der Waals surface area contributed by atoms with Crippen molar-refractivity contribution >= 4 is 17.1 Å². The van der Waals surface area contributed by atoms with Gasteiger partial charge in [-0.2, -0.15) is 5.10 Å². The zero-order valence-corrected chi connectivity index (χ0v) is 10.9. The number of aromatic nitrogens is 3. The molecule has 0 spiro atoms. The van der Waals surface area contributed by atoms with Crippen molar-refractivity contribution in [1.82, 2.24) is 14.2 Å². The van der Waals surface area contributed by atoms with E-state index in [2.05, 4.69) is 10.4 Å². The van der Waals surface area contributed by atoms with Gasteiger partial charge in [0, 0.05) is 11.9 Å². The topological polar surface area (TPSA) is 68.4 Å². The maximum atomic E-state index is 12.8. The third-order valence-corrected chi connectivity index (χ3v) is 2.96. The molecule has 0 bridgehead atoms. The van der Waals surface area contributed by atoms with Crippen LogP contribution in [-0.4, -0.2) is 20.1 Å². The zero-order chi connectivity index (χ0) is 14.8. The highest BCUT2D eigenvalue weighted by molar-refractivity contribution is 5.90. The van der Waals surface area contributed by atoms with Gasteiger partial charge in [-0.05, 0) is 36.4 Å². The monoisotopic (exact) mass is 286 g/mol. The molecule has 6 nitrogen and oxygen atoms in total. The Bertz CT molecular complexity index is 851. The Morgan fingerprint density at radius 3 is 2.76 bits per heavy atom. The summed E-state index contributed by atoms with van der Waals surface area (Å²) in [6.07, 6.45) is 3.11. The lowest BCUT2D eigenvalue weighted by Gasteiger charge is -2.07. The first-order valence-corrected chi connectivity index (χ1v) is 6.22. The Labute approximate surface area is 118 Å². The average Bonchev–Trinajstić information content (AvgIpc) is 2.94. The highest BCUT2D eigenvalue weighted by Crippen LogP contribution is 2.08. The summed E-state index contributed by atoms with van der Waals surface area (Å²) in [6.45, 7) is -0.218. The molecule has 21 heavy (non-hydrogen) atoms. The van der Waals surface area contributed by atoms with Gasteiger partial charge < -0.3 is 5.32 Å². The predicted octanol–water partition coefficient (Wildman–Crippen LogP) is 1.27. The smallest absolute Gasteiger partial charge is 0.324 e. The van der Waals surface area contributed by atoms with Gasteiger partial charge >= 0.3 is 5.69 Å². The second-order valence-corrected chi connectivity index (χ2v) is 4.44. The Morgan fingerprint density at radius 1 is 1.24 bits per heavy atom. The van der Waals surface area contributed by atoms with Crippen LogP contribution in [0.25, 0.3) is 5.52 Å². The fourth-order valence-electron chi connectivity index (χ4n) is 1.95. The van der Waals surface area contributed by atoms with Gasteiger partial charge in [-0.1, -0.05) is 0 Å². The molecule has 0 radical (unpaired) electrons. The van der Waals surface area contributed by atoms with Gasteiger partial charge in [0.05, 0.1) is 11.7 Å². The van der Waals surface area contributed by atoms with Crippen molar-refractivity contribution in [1.29, 1.82) is 0 Å². The summed E-state index contributed by atoms with van der Waals surface area (Å²) in [6, 6.07) is 8.84. The first-order chi connectivity index (χ1) is 10.1. The number of hydrogen-bond donors (Lipinski definition) is 1. The number of benzene rings is 1. The quantitative estimate of drug-likeness (QED) is 0.788. The van der Waals surface area contributed by atoms with Gasteiger partial charge in [-0.15, -0.1) is 0 Å². The summed E-state index contributed by atoms with van der Waals surface area (Å²) in [4.78, 5) is 23.9. The number of anilines is 1. The molecular formula is C14H11FN4O2. The predicted molar refractivity (Wildman–Crippen MR) is 74.5 cm³/mol. The second kappa shape index (κ2) is 5.20. The van der Waals surface area contributed by atoms with E-state index in [1.807, 2.05) is 0 Å². The molecule has 3 aromatic rings. The van der Waals surface area contributed by atoms with Crippen LogP contribution < -0.4 is 11.0 Å². The van der Waals surface area contributed by atoms with Gasteiger partial charge in [0.25, 0.3) is 0 Å². The number of carbonyl (C=O) groups excluding carboxylic acids is 1. The van der Waals surface area contributed by atoms with Gasteiger partial charge in [-0.25, -0.2) is 13.9 Å². The summed E-state index contributed by atoms with van der Waals surface area (Å²) in [7, 11) is 0. The van der Waals surface area contributed by atoms with Crippen molar-refractivity contribution in [2.24, 2.45) is 0 Å². The van der Waals surface area contributed by atoms with Gasteiger partial charge in [-0.3, -0.25) is 9.20 Å². The SMILES string of the molecule is O=C(Cn1ncc2cccn2c1=O)Nc1ccc(F)cc1. The molecule has 3 rings (SSSR count). The number of halogens is 1. The molecule has 0 saturated carbocycles. The first kappa shape index (κ1) is 13.0. The molecule has 0 aliphatic heterocycles. The van der Waals surface area contributed by atoms with Crippen LogP contribution in [0.5, 0.6) is 0 Å². The standard InChI is InChI=1S/C14H11FN4O2/c15-10-3-5-11(6-4-10)17-13(20)9-19-14(21)18-7-1-2-12(18)8-16-19/h1-8H,9H2,(H,17,20). The van der Waals surface area contributed by atoms with E-state index in [9.17, 15) is 14.0 Å². The maximum Gasteiger partial charge on any atom is 0.349 e. The van der Waals surface area contributed by atoms with Gasteiger partial charge in [0.15, 0.2) is 0 Å². The summed E-state index contributed by atoms with van der Waals surface area (Å²) < 4.78 is 15.2. The molecule has 0 unspecified atom stereocenters. The molecule has 2 aromatic heterocycles. The normalized spacial score (nSPS) is 10.7. The summed E-state index contributed by atoms with van der Waals surface area (Å²) in [5.74, 6) is -0.799. The van der Waals surface area contributed by atoms with E-state index in [-0.39, 0.29) is 12.4 Å². The minimum atomic E-state index is -0.414. The molecule has 2 heterocycles. The van der Waals surface area contributed by atoms with E-state index >= 15 is 0 Å². The molecule has 0 atom stereocenters. The van der Waals surface area contributed by atoms with Crippen LogP contribution in [0.3, 0.4) is 0 Å². The van der Waals surface area contributed by atoms with Gasteiger partial charge in [0.1, 0.15) is 12.4 Å². The van der Waals surface area contributed by atoms with E-state index in [0.29, 0.717) is 11.2 Å². The fraction of sp³-hybridized carbons (Fsp3) is 0.0714. The third kappa shape index (κ3) is 2.66. The molecule has 1 N–H and O–H groups in total. The number of fused-ring (bicyclic) bond motifs is 1. The average molecular weight is 286 g/mol. The number of amides is 1. The Hall–Kier alpha value is -2.96. The van der Waals surface area contributed by atoms with Crippen LogP contribution in [0.15, 0.2) is 53.6 Å². The van der Waals surface area contributed by atoms with Crippen LogP contribution in [0.2, 0.25) is 0 Å². The number of rotatable bonds is 3. The van der Waals surface area contributed by atoms with Crippen molar-refractivity contribution in [3.63, 3.8) is 0 Å². The van der Waals surface area contributed by atoms with Crippen molar-refractivity contribution in [2.45, 2.75) is 6.54 Å². The number of nitrogens with one attached hydrogen (secondary N) is 1. The largest absolute Gasteiger partial charge is 0.349 e. The Balaban J connectivity index is 1.78. The van der Waals surface area contributed by atoms with Crippen molar-refractivity contribution in [2.75, 3.05) is 5.32 Å². The molecule has 7 heteroatoms. The first-order valence-electron chi connectivity index (χ1n) is 6.22. The van der Waals surface area contributed by atoms with Crippen molar-refractivity contribution in [3.8, 4) is 0 Å². The van der Waals surface area contributed by atoms with E-state index in [1.54, 1.807) is 18.3 Å². The van der Waals surface area contributed by atoms with Gasteiger partial charge in [0.2, 0.25) is 5.91 Å². The maximum absolute atomic E-state index is 12.8. The van der Waals surface area contributed by atoms with E-state index in [4.69, 9.17) is 0 Å². The van der Waals surface area contributed by atoms with Crippen LogP contribution in [0, 0.1) is 5.82 Å².